The van der Waals surface area contributed by atoms with Crippen molar-refractivity contribution in [2.24, 2.45) is 0 Å². The van der Waals surface area contributed by atoms with Crippen molar-refractivity contribution >= 4 is 23.2 Å². The van der Waals surface area contributed by atoms with E-state index in [9.17, 15) is 8.78 Å². The smallest absolute Gasteiger partial charge is 0.223 e. The second-order valence-corrected chi connectivity index (χ2v) is 5.59. The van der Waals surface area contributed by atoms with Gasteiger partial charge in [0.1, 0.15) is 16.8 Å². The first kappa shape index (κ1) is 15.8. The van der Waals surface area contributed by atoms with Crippen molar-refractivity contribution in [2.45, 2.75) is 5.92 Å². The van der Waals surface area contributed by atoms with Crippen LogP contribution in [0.1, 0.15) is 22.6 Å². The molecule has 0 aliphatic carbocycles. The van der Waals surface area contributed by atoms with E-state index in [1.807, 2.05) is 30.3 Å². The molecule has 0 aliphatic rings. The zero-order valence-corrected chi connectivity index (χ0v) is 13.2. The van der Waals surface area contributed by atoms with Crippen LogP contribution in [0.15, 0.2) is 54.7 Å². The second kappa shape index (κ2) is 6.60. The normalized spacial score (nSPS) is 12.2. The van der Waals surface area contributed by atoms with Crippen molar-refractivity contribution in [2.75, 3.05) is 0 Å². The third-order valence-electron chi connectivity index (χ3n) is 3.46. The minimum Gasteiger partial charge on any atom is -0.226 e. The quantitative estimate of drug-likeness (QED) is 0.476. The lowest BCUT2D eigenvalue weighted by Crippen LogP contribution is -2.08. The molecule has 0 spiro atoms. The highest BCUT2D eigenvalue weighted by molar-refractivity contribution is 6.32. The van der Waals surface area contributed by atoms with Gasteiger partial charge in [0.15, 0.2) is 0 Å². The van der Waals surface area contributed by atoms with Crippen molar-refractivity contribution < 1.29 is 8.78 Å². The van der Waals surface area contributed by atoms with Gasteiger partial charge >= 0.3 is 0 Å². The Bertz CT molecular complexity index is 790. The maximum absolute atomic E-state index is 14.3. The van der Waals surface area contributed by atoms with Crippen molar-refractivity contribution in [1.29, 1.82) is 0 Å². The number of hydrogen-bond acceptors (Lipinski definition) is 2. The first-order valence-electron chi connectivity index (χ1n) is 6.74. The SMILES string of the molecule is Fc1ccc(C(c2ccccc2)c2cnc(Cl)nc2Cl)c(F)c1. The van der Waals surface area contributed by atoms with Crippen LogP contribution in [0, 0.1) is 11.6 Å². The van der Waals surface area contributed by atoms with Crippen LogP contribution in [0.25, 0.3) is 0 Å². The van der Waals surface area contributed by atoms with Crippen LogP contribution in [0.4, 0.5) is 8.78 Å². The summed E-state index contributed by atoms with van der Waals surface area (Å²) < 4.78 is 27.6. The molecular formula is C17H10Cl2F2N2. The van der Waals surface area contributed by atoms with Gasteiger partial charge in [-0.1, -0.05) is 48.0 Å². The van der Waals surface area contributed by atoms with E-state index in [4.69, 9.17) is 23.2 Å². The largest absolute Gasteiger partial charge is 0.226 e. The van der Waals surface area contributed by atoms with E-state index in [0.29, 0.717) is 5.56 Å². The molecule has 3 aromatic rings. The Morgan fingerprint density at radius 2 is 1.65 bits per heavy atom. The maximum Gasteiger partial charge on any atom is 0.223 e. The summed E-state index contributed by atoms with van der Waals surface area (Å²) in [5, 5.41) is 0.132. The Hall–Kier alpha value is -2.04. The molecule has 0 N–H and O–H groups in total. The van der Waals surface area contributed by atoms with Crippen LogP contribution < -0.4 is 0 Å². The van der Waals surface area contributed by atoms with Gasteiger partial charge in [-0.3, -0.25) is 0 Å². The number of halogens is 4. The van der Waals surface area contributed by atoms with Gasteiger partial charge in [-0.2, -0.15) is 0 Å². The Labute approximate surface area is 141 Å². The fraction of sp³-hybridized carbons (Fsp3) is 0.0588. The molecular weight excluding hydrogens is 341 g/mol. The van der Waals surface area contributed by atoms with Crippen LogP contribution in [-0.4, -0.2) is 9.97 Å². The highest BCUT2D eigenvalue weighted by Crippen LogP contribution is 2.36. The molecule has 0 fully saturated rings. The number of nitrogens with zero attached hydrogens (tertiary/aromatic N) is 2. The summed E-state index contributed by atoms with van der Waals surface area (Å²) in [5.74, 6) is -1.87. The summed E-state index contributed by atoms with van der Waals surface area (Å²) in [6, 6.07) is 12.6. The Balaban J connectivity index is 2.22. The Morgan fingerprint density at radius 3 is 2.30 bits per heavy atom. The summed E-state index contributed by atoms with van der Waals surface area (Å²) >= 11 is 11.9. The first-order valence-corrected chi connectivity index (χ1v) is 7.49. The lowest BCUT2D eigenvalue weighted by atomic mass is 9.86. The molecule has 1 heterocycles. The molecule has 2 aromatic carbocycles. The van der Waals surface area contributed by atoms with Gasteiger partial charge in [-0.15, -0.1) is 0 Å². The maximum atomic E-state index is 14.3. The van der Waals surface area contributed by atoms with Crippen LogP contribution in [0.3, 0.4) is 0 Å². The van der Waals surface area contributed by atoms with Gasteiger partial charge in [0.05, 0.1) is 0 Å². The number of hydrogen-bond donors (Lipinski definition) is 0. The highest BCUT2D eigenvalue weighted by atomic mass is 35.5. The van der Waals surface area contributed by atoms with E-state index in [-0.39, 0.29) is 16.0 Å². The van der Waals surface area contributed by atoms with Crippen LogP contribution >= 0.6 is 23.2 Å². The average Bonchev–Trinajstić information content (AvgIpc) is 2.52. The predicted molar refractivity (Wildman–Crippen MR) is 85.8 cm³/mol. The van der Waals surface area contributed by atoms with E-state index in [1.165, 1.54) is 18.3 Å². The van der Waals surface area contributed by atoms with Crippen molar-refractivity contribution in [3.05, 3.63) is 93.5 Å². The monoisotopic (exact) mass is 350 g/mol. The third kappa shape index (κ3) is 3.33. The predicted octanol–water partition coefficient (Wildman–Crippen LogP) is 5.24. The van der Waals surface area contributed by atoms with Crippen LogP contribution in [0.2, 0.25) is 10.4 Å². The number of benzene rings is 2. The molecule has 0 radical (unpaired) electrons. The van der Waals surface area contributed by atoms with Crippen LogP contribution in [0.5, 0.6) is 0 Å². The number of aromatic nitrogens is 2. The van der Waals surface area contributed by atoms with Gasteiger partial charge < -0.3 is 0 Å². The molecule has 116 valence electrons. The summed E-state index contributed by atoms with van der Waals surface area (Å²) in [5.41, 5.74) is 1.56. The summed E-state index contributed by atoms with van der Waals surface area (Å²) in [4.78, 5) is 7.85. The summed E-state index contributed by atoms with van der Waals surface area (Å²) in [6.45, 7) is 0. The van der Waals surface area contributed by atoms with E-state index < -0.39 is 17.6 Å². The van der Waals surface area contributed by atoms with Gasteiger partial charge in [-0.25, -0.2) is 18.7 Å². The van der Waals surface area contributed by atoms with E-state index >= 15 is 0 Å². The zero-order chi connectivity index (χ0) is 16.4. The first-order chi connectivity index (χ1) is 11.1. The minimum atomic E-state index is -0.662. The lowest BCUT2D eigenvalue weighted by Gasteiger charge is -2.19. The molecule has 0 bridgehead atoms. The molecule has 1 atom stereocenters. The highest BCUT2D eigenvalue weighted by Gasteiger charge is 2.24. The van der Waals surface area contributed by atoms with E-state index in [2.05, 4.69) is 9.97 Å². The zero-order valence-electron chi connectivity index (χ0n) is 11.7. The molecule has 0 amide bonds. The molecule has 0 saturated carbocycles. The third-order valence-corrected chi connectivity index (χ3v) is 3.94. The minimum absolute atomic E-state index is 0.00476. The molecule has 0 saturated heterocycles. The van der Waals surface area contributed by atoms with Crippen molar-refractivity contribution in [1.82, 2.24) is 9.97 Å². The Kier molecular flexibility index (Phi) is 4.55. The van der Waals surface area contributed by atoms with Gasteiger partial charge in [0.25, 0.3) is 0 Å². The van der Waals surface area contributed by atoms with Crippen LogP contribution in [-0.2, 0) is 0 Å². The lowest BCUT2D eigenvalue weighted by molar-refractivity contribution is 0.570. The molecule has 0 aliphatic heterocycles. The Morgan fingerprint density at radius 1 is 0.913 bits per heavy atom. The second-order valence-electron chi connectivity index (χ2n) is 4.89. The van der Waals surface area contributed by atoms with Gasteiger partial charge in [-0.05, 0) is 23.2 Å². The number of rotatable bonds is 3. The fourth-order valence-corrected chi connectivity index (χ4v) is 2.87. The molecule has 2 nitrogen and oxygen atoms in total. The average molecular weight is 351 g/mol. The topological polar surface area (TPSA) is 25.8 Å². The molecule has 1 unspecified atom stereocenters. The van der Waals surface area contributed by atoms with E-state index in [1.54, 1.807) is 0 Å². The molecule has 6 heteroatoms. The molecule has 3 rings (SSSR count). The summed E-state index contributed by atoms with van der Waals surface area (Å²) in [6.07, 6.45) is 1.46. The van der Waals surface area contributed by atoms with Crippen molar-refractivity contribution in [3.63, 3.8) is 0 Å². The van der Waals surface area contributed by atoms with Crippen molar-refractivity contribution in [3.8, 4) is 0 Å². The fourth-order valence-electron chi connectivity index (χ4n) is 2.45. The van der Waals surface area contributed by atoms with Gasteiger partial charge in [0, 0.05) is 29.3 Å². The standard InChI is InChI=1S/C17H10Cl2F2N2/c18-16-13(9-22-17(19)23-16)15(10-4-2-1-3-5-10)12-7-6-11(20)8-14(12)21/h1-9,15H. The van der Waals surface area contributed by atoms with E-state index in [0.717, 1.165) is 11.6 Å². The van der Waals surface area contributed by atoms with Gasteiger partial charge in [0.2, 0.25) is 5.28 Å². The summed E-state index contributed by atoms with van der Waals surface area (Å²) in [7, 11) is 0. The molecule has 1 aromatic heterocycles. The molecule has 23 heavy (non-hydrogen) atoms.